The van der Waals surface area contributed by atoms with E-state index in [1.54, 1.807) is 6.07 Å². The van der Waals surface area contributed by atoms with E-state index in [9.17, 15) is 13.6 Å². The summed E-state index contributed by atoms with van der Waals surface area (Å²) in [7, 11) is 0. The van der Waals surface area contributed by atoms with E-state index in [1.807, 2.05) is 0 Å². The van der Waals surface area contributed by atoms with Crippen LogP contribution in [0, 0.1) is 0 Å². The molecule has 0 unspecified atom stereocenters. The SMILES string of the molecule is O=C(c1c(Cl)cccc1Br)C(F)F. The number of hydrogen-bond acceptors (Lipinski definition) is 1. The van der Waals surface area contributed by atoms with Crippen LogP contribution in [-0.4, -0.2) is 12.2 Å². The molecule has 0 aliphatic rings. The van der Waals surface area contributed by atoms with Crippen molar-refractivity contribution in [1.29, 1.82) is 0 Å². The van der Waals surface area contributed by atoms with Gasteiger partial charge in [-0.1, -0.05) is 17.7 Å². The van der Waals surface area contributed by atoms with Gasteiger partial charge in [-0.05, 0) is 28.1 Å². The second-order valence-corrected chi connectivity index (χ2v) is 3.52. The topological polar surface area (TPSA) is 17.1 Å². The largest absolute Gasteiger partial charge is 0.300 e. The lowest BCUT2D eigenvalue weighted by molar-refractivity contribution is 0.0678. The Labute approximate surface area is 86.8 Å². The molecule has 5 heteroatoms. The van der Waals surface area contributed by atoms with E-state index in [2.05, 4.69) is 15.9 Å². The summed E-state index contributed by atoms with van der Waals surface area (Å²) in [5.74, 6) is -1.27. The molecule has 0 aliphatic carbocycles. The highest BCUT2D eigenvalue weighted by Crippen LogP contribution is 2.26. The third-order valence-electron chi connectivity index (χ3n) is 1.41. The van der Waals surface area contributed by atoms with Crippen LogP contribution < -0.4 is 0 Å². The number of benzene rings is 1. The molecule has 0 fully saturated rings. The van der Waals surface area contributed by atoms with Gasteiger partial charge in [0, 0.05) is 4.47 Å². The van der Waals surface area contributed by atoms with Gasteiger partial charge in [-0.25, -0.2) is 8.78 Å². The molecule has 0 aliphatic heterocycles. The maximum absolute atomic E-state index is 12.0. The van der Waals surface area contributed by atoms with Crippen LogP contribution in [0.1, 0.15) is 10.4 Å². The van der Waals surface area contributed by atoms with Crippen molar-refractivity contribution < 1.29 is 13.6 Å². The molecule has 1 aromatic carbocycles. The molecule has 70 valence electrons. The second kappa shape index (κ2) is 4.15. The molecule has 0 atom stereocenters. The molecule has 0 aromatic heterocycles. The Balaban J connectivity index is 3.20. The van der Waals surface area contributed by atoms with Gasteiger partial charge in [-0.3, -0.25) is 4.79 Å². The molecule has 0 bridgehead atoms. The first kappa shape index (κ1) is 10.6. The van der Waals surface area contributed by atoms with E-state index in [0.29, 0.717) is 0 Å². The average molecular weight is 269 g/mol. The molecule has 0 spiro atoms. The lowest BCUT2D eigenvalue weighted by Crippen LogP contribution is -2.11. The zero-order valence-corrected chi connectivity index (χ0v) is 8.57. The van der Waals surface area contributed by atoms with Crippen molar-refractivity contribution in [3.63, 3.8) is 0 Å². The maximum atomic E-state index is 12.0. The van der Waals surface area contributed by atoms with Crippen LogP contribution in [0.5, 0.6) is 0 Å². The number of Topliss-reactive ketones (excluding diaryl/α,β-unsaturated/α-hetero) is 1. The Hall–Kier alpha value is -0.480. The summed E-state index contributed by atoms with van der Waals surface area (Å²) in [5.41, 5.74) is -0.167. The van der Waals surface area contributed by atoms with Gasteiger partial charge in [-0.15, -0.1) is 0 Å². The number of carbonyl (C=O) groups excluding carboxylic acids is 1. The zero-order valence-electron chi connectivity index (χ0n) is 6.23. The number of rotatable bonds is 2. The molecule has 1 rings (SSSR count). The van der Waals surface area contributed by atoms with Gasteiger partial charge in [0.2, 0.25) is 5.78 Å². The van der Waals surface area contributed by atoms with Crippen LogP contribution in [-0.2, 0) is 0 Å². The van der Waals surface area contributed by atoms with E-state index in [1.165, 1.54) is 12.1 Å². The van der Waals surface area contributed by atoms with Gasteiger partial charge in [-0.2, -0.15) is 0 Å². The smallest absolute Gasteiger partial charge is 0.288 e. The monoisotopic (exact) mass is 268 g/mol. The summed E-state index contributed by atoms with van der Waals surface area (Å²) < 4.78 is 24.4. The van der Waals surface area contributed by atoms with E-state index in [0.717, 1.165) is 0 Å². The third-order valence-corrected chi connectivity index (χ3v) is 2.38. The summed E-state index contributed by atoms with van der Waals surface area (Å²) in [6, 6.07) is 4.44. The first-order chi connectivity index (χ1) is 6.04. The molecule has 0 heterocycles. The Morgan fingerprint density at radius 2 is 2.08 bits per heavy atom. The fourth-order valence-corrected chi connectivity index (χ4v) is 1.79. The van der Waals surface area contributed by atoms with Crippen molar-refractivity contribution in [3.05, 3.63) is 33.3 Å². The van der Waals surface area contributed by atoms with Crippen molar-refractivity contribution in [2.75, 3.05) is 0 Å². The number of ketones is 1. The molecule has 0 radical (unpaired) electrons. The molecule has 0 amide bonds. The average Bonchev–Trinajstić information content (AvgIpc) is 2.03. The predicted molar refractivity (Wildman–Crippen MR) is 49.5 cm³/mol. The molecule has 1 aromatic rings. The van der Waals surface area contributed by atoms with Crippen molar-refractivity contribution >= 4 is 33.3 Å². The normalized spacial score (nSPS) is 10.5. The van der Waals surface area contributed by atoms with Crippen LogP contribution in [0.15, 0.2) is 22.7 Å². The molecule has 13 heavy (non-hydrogen) atoms. The molecule has 0 saturated carbocycles. The first-order valence-electron chi connectivity index (χ1n) is 3.30. The van der Waals surface area contributed by atoms with Crippen molar-refractivity contribution in [2.24, 2.45) is 0 Å². The Bertz CT molecular complexity index is 321. The molecule has 0 N–H and O–H groups in total. The highest BCUT2D eigenvalue weighted by Gasteiger charge is 2.22. The van der Waals surface area contributed by atoms with Gasteiger partial charge >= 0.3 is 6.43 Å². The van der Waals surface area contributed by atoms with E-state index >= 15 is 0 Å². The summed E-state index contributed by atoms with van der Waals surface area (Å²) in [6.45, 7) is 0. The van der Waals surface area contributed by atoms with Crippen LogP contribution >= 0.6 is 27.5 Å². The quantitative estimate of drug-likeness (QED) is 0.750. The fraction of sp³-hybridized carbons (Fsp3) is 0.125. The number of alkyl halides is 2. The molecule has 1 nitrogen and oxygen atoms in total. The van der Waals surface area contributed by atoms with E-state index in [-0.39, 0.29) is 15.1 Å². The van der Waals surface area contributed by atoms with Crippen LogP contribution in [0.4, 0.5) is 8.78 Å². The summed E-state index contributed by atoms with van der Waals surface area (Å²) in [4.78, 5) is 10.9. The summed E-state index contributed by atoms with van der Waals surface area (Å²) >= 11 is 8.56. The lowest BCUT2D eigenvalue weighted by Gasteiger charge is -2.04. The van der Waals surface area contributed by atoms with Gasteiger partial charge in [0.15, 0.2) is 0 Å². The summed E-state index contributed by atoms with van der Waals surface area (Å²) in [6.07, 6.45) is -3.03. The van der Waals surface area contributed by atoms with E-state index < -0.39 is 12.2 Å². The zero-order chi connectivity index (χ0) is 10.0. The lowest BCUT2D eigenvalue weighted by atomic mass is 10.1. The fourth-order valence-electron chi connectivity index (χ4n) is 0.842. The number of carbonyl (C=O) groups is 1. The van der Waals surface area contributed by atoms with Gasteiger partial charge in [0.25, 0.3) is 0 Å². The second-order valence-electron chi connectivity index (χ2n) is 2.26. The van der Waals surface area contributed by atoms with Gasteiger partial charge in [0.1, 0.15) is 0 Å². The standard InChI is InChI=1S/C8H4BrClF2O/c9-4-2-1-3-5(10)6(4)7(13)8(11)12/h1-3,8H. The van der Waals surface area contributed by atoms with Crippen LogP contribution in [0.25, 0.3) is 0 Å². The number of hydrogen-bond donors (Lipinski definition) is 0. The number of halogens is 4. The van der Waals surface area contributed by atoms with E-state index in [4.69, 9.17) is 11.6 Å². The predicted octanol–water partition coefficient (Wildman–Crippen LogP) is 3.55. The minimum absolute atomic E-state index is 0.0275. The highest BCUT2D eigenvalue weighted by atomic mass is 79.9. The highest BCUT2D eigenvalue weighted by molar-refractivity contribution is 9.10. The Kier molecular flexibility index (Phi) is 3.39. The first-order valence-corrected chi connectivity index (χ1v) is 4.47. The molecular formula is C8H4BrClF2O. The van der Waals surface area contributed by atoms with Gasteiger partial charge < -0.3 is 0 Å². The summed E-state index contributed by atoms with van der Waals surface area (Å²) in [5, 5.41) is 0.0275. The minimum atomic E-state index is -3.03. The minimum Gasteiger partial charge on any atom is -0.288 e. The van der Waals surface area contributed by atoms with Crippen LogP contribution in [0.2, 0.25) is 5.02 Å². The van der Waals surface area contributed by atoms with Crippen molar-refractivity contribution in [2.45, 2.75) is 6.43 Å². The van der Waals surface area contributed by atoms with Crippen molar-refractivity contribution in [1.82, 2.24) is 0 Å². The maximum Gasteiger partial charge on any atom is 0.300 e. The van der Waals surface area contributed by atoms with Gasteiger partial charge in [0.05, 0.1) is 10.6 Å². The van der Waals surface area contributed by atoms with Crippen LogP contribution in [0.3, 0.4) is 0 Å². The third kappa shape index (κ3) is 2.25. The van der Waals surface area contributed by atoms with Crippen molar-refractivity contribution in [3.8, 4) is 0 Å². The Morgan fingerprint density at radius 1 is 1.46 bits per heavy atom. The molecule has 0 saturated heterocycles. The Morgan fingerprint density at radius 3 is 2.54 bits per heavy atom. The molecular weight excluding hydrogens is 265 g/mol.